The molecule has 0 fully saturated rings. The van der Waals surface area contributed by atoms with Gasteiger partial charge in [-0.3, -0.25) is 0 Å². The van der Waals surface area contributed by atoms with E-state index >= 15 is 0 Å². The van der Waals surface area contributed by atoms with Gasteiger partial charge in [0.2, 0.25) is 0 Å². The molecule has 0 aromatic heterocycles. The molecular weight excluding hydrogens is 240 g/mol. The first kappa shape index (κ1) is 16.7. The van der Waals surface area contributed by atoms with Crippen molar-refractivity contribution in [2.75, 3.05) is 26.9 Å². The van der Waals surface area contributed by atoms with Crippen LogP contribution in [0.15, 0.2) is 0 Å². The van der Waals surface area contributed by atoms with Gasteiger partial charge < -0.3 is 25.2 Å². The van der Waals surface area contributed by atoms with E-state index in [-0.39, 0.29) is 19.1 Å². The fourth-order valence-electron chi connectivity index (χ4n) is 1.40. The van der Waals surface area contributed by atoms with Crippen molar-refractivity contribution < 1.29 is 24.5 Å². The highest BCUT2D eigenvalue weighted by molar-refractivity contribution is 5.82. The van der Waals surface area contributed by atoms with Gasteiger partial charge in [-0.2, -0.15) is 0 Å². The lowest BCUT2D eigenvalue weighted by Gasteiger charge is -2.28. The van der Waals surface area contributed by atoms with Crippen LogP contribution in [0.5, 0.6) is 0 Å². The molecule has 0 spiro atoms. The van der Waals surface area contributed by atoms with Gasteiger partial charge in [-0.25, -0.2) is 9.59 Å². The number of nitrogens with one attached hydrogen (secondary N) is 1. The molecule has 0 aliphatic carbocycles. The molecule has 0 aromatic carbocycles. The van der Waals surface area contributed by atoms with E-state index in [9.17, 15) is 9.59 Å². The molecule has 2 amide bonds. The van der Waals surface area contributed by atoms with Crippen LogP contribution in [-0.2, 0) is 9.53 Å². The van der Waals surface area contributed by atoms with Gasteiger partial charge in [0.05, 0.1) is 6.61 Å². The summed E-state index contributed by atoms with van der Waals surface area (Å²) < 4.78 is 4.89. The Morgan fingerprint density at radius 1 is 1.39 bits per heavy atom. The number of hydrogen-bond donors (Lipinski definition) is 3. The Morgan fingerprint density at radius 3 is 2.39 bits per heavy atom. The van der Waals surface area contributed by atoms with Crippen LogP contribution in [0.2, 0.25) is 0 Å². The third-order valence-electron chi connectivity index (χ3n) is 2.43. The van der Waals surface area contributed by atoms with Crippen molar-refractivity contribution in [2.45, 2.75) is 32.4 Å². The van der Waals surface area contributed by atoms with Crippen molar-refractivity contribution in [1.29, 1.82) is 0 Å². The van der Waals surface area contributed by atoms with Gasteiger partial charge in [-0.1, -0.05) is 0 Å². The number of carboxylic acid groups (broad SMARTS) is 1. The second-order valence-corrected chi connectivity index (χ2v) is 4.13. The predicted octanol–water partition coefficient (Wildman–Crippen LogP) is -0.112. The minimum atomic E-state index is -1.16. The molecular formula is C11H22N2O5. The summed E-state index contributed by atoms with van der Waals surface area (Å²) >= 11 is 0. The van der Waals surface area contributed by atoms with Crippen molar-refractivity contribution >= 4 is 12.0 Å². The molecule has 0 radical (unpaired) electrons. The van der Waals surface area contributed by atoms with Gasteiger partial charge in [-0.15, -0.1) is 0 Å². The molecule has 7 nitrogen and oxygen atoms in total. The Hall–Kier alpha value is -1.34. The Bertz CT molecular complexity index is 270. The zero-order chi connectivity index (χ0) is 14.1. The van der Waals surface area contributed by atoms with E-state index in [0.29, 0.717) is 13.2 Å². The summed E-state index contributed by atoms with van der Waals surface area (Å²) in [5.41, 5.74) is 0. The van der Waals surface area contributed by atoms with Crippen LogP contribution in [0.3, 0.4) is 0 Å². The van der Waals surface area contributed by atoms with E-state index in [1.807, 2.05) is 13.8 Å². The summed E-state index contributed by atoms with van der Waals surface area (Å²) in [4.78, 5) is 24.2. The quantitative estimate of drug-likeness (QED) is 0.567. The fraction of sp³-hybridized carbons (Fsp3) is 0.818. The number of methoxy groups -OCH3 is 1. The molecule has 0 aromatic rings. The molecule has 3 N–H and O–H groups in total. The lowest BCUT2D eigenvalue weighted by atomic mass is 10.2. The molecule has 0 bridgehead atoms. The fourth-order valence-corrected chi connectivity index (χ4v) is 1.40. The van der Waals surface area contributed by atoms with E-state index in [2.05, 4.69) is 5.32 Å². The molecule has 0 aliphatic heterocycles. The van der Waals surface area contributed by atoms with Crippen LogP contribution >= 0.6 is 0 Å². The van der Waals surface area contributed by atoms with Crippen molar-refractivity contribution in [1.82, 2.24) is 10.2 Å². The first-order chi connectivity index (χ1) is 8.43. The Kier molecular flexibility index (Phi) is 8.06. The zero-order valence-electron chi connectivity index (χ0n) is 11.0. The lowest BCUT2D eigenvalue weighted by molar-refractivity contribution is -0.139. The number of nitrogens with zero attached hydrogens (tertiary/aromatic N) is 1. The third kappa shape index (κ3) is 5.83. The Morgan fingerprint density at radius 2 is 2.00 bits per heavy atom. The molecule has 1 atom stereocenters. The van der Waals surface area contributed by atoms with Crippen molar-refractivity contribution in [3.63, 3.8) is 0 Å². The number of carbonyl (C=O) groups excluding carboxylic acids is 1. The first-order valence-corrected chi connectivity index (χ1v) is 5.83. The summed E-state index contributed by atoms with van der Waals surface area (Å²) in [5, 5.41) is 20.0. The summed E-state index contributed by atoms with van der Waals surface area (Å²) in [7, 11) is 1.53. The van der Waals surface area contributed by atoms with Crippen LogP contribution in [-0.4, -0.2) is 66.1 Å². The van der Waals surface area contributed by atoms with Crippen LogP contribution in [0.25, 0.3) is 0 Å². The standard InChI is InChI=1S/C11H22N2O5/c1-8(2)13(5-7-18-3)11(17)12-9(4-6-14)10(15)16/h8-9,14H,4-7H2,1-3H3,(H,12,17)(H,15,16)/t9-/m1/s1. The Labute approximate surface area is 107 Å². The topological polar surface area (TPSA) is 99.1 Å². The molecule has 0 aliphatic rings. The highest BCUT2D eigenvalue weighted by Crippen LogP contribution is 2.01. The number of urea groups is 1. The van der Waals surface area contributed by atoms with E-state index < -0.39 is 18.0 Å². The average molecular weight is 262 g/mol. The zero-order valence-corrected chi connectivity index (χ0v) is 11.0. The highest BCUT2D eigenvalue weighted by Gasteiger charge is 2.23. The third-order valence-corrected chi connectivity index (χ3v) is 2.43. The maximum absolute atomic E-state index is 11.9. The number of carbonyl (C=O) groups is 2. The van der Waals surface area contributed by atoms with Crippen LogP contribution in [0, 0.1) is 0 Å². The molecule has 18 heavy (non-hydrogen) atoms. The molecule has 0 saturated carbocycles. The van der Waals surface area contributed by atoms with Crippen molar-refractivity contribution in [2.24, 2.45) is 0 Å². The van der Waals surface area contributed by atoms with Crippen LogP contribution in [0.1, 0.15) is 20.3 Å². The molecule has 7 heteroatoms. The first-order valence-electron chi connectivity index (χ1n) is 5.83. The summed E-state index contributed by atoms with van der Waals surface area (Å²) in [6.07, 6.45) is -0.0166. The van der Waals surface area contributed by atoms with E-state index in [1.165, 1.54) is 12.0 Å². The minimum Gasteiger partial charge on any atom is -0.480 e. The number of rotatable bonds is 8. The van der Waals surface area contributed by atoms with Gasteiger partial charge in [0.15, 0.2) is 0 Å². The summed E-state index contributed by atoms with van der Waals surface area (Å²) in [6, 6.07) is -1.61. The summed E-state index contributed by atoms with van der Waals surface area (Å²) in [6.45, 7) is 4.12. The smallest absolute Gasteiger partial charge is 0.326 e. The van der Waals surface area contributed by atoms with Gasteiger partial charge in [0.25, 0.3) is 0 Å². The SMILES string of the molecule is COCCN(C(=O)N[C@H](CCO)C(=O)O)C(C)C. The average Bonchev–Trinajstić information content (AvgIpc) is 2.28. The number of aliphatic hydroxyl groups excluding tert-OH is 1. The second-order valence-electron chi connectivity index (χ2n) is 4.13. The van der Waals surface area contributed by atoms with Crippen molar-refractivity contribution in [3.8, 4) is 0 Å². The monoisotopic (exact) mass is 262 g/mol. The molecule has 106 valence electrons. The number of aliphatic carboxylic acids is 1. The maximum atomic E-state index is 11.9. The van der Waals surface area contributed by atoms with Gasteiger partial charge in [-0.05, 0) is 13.8 Å². The van der Waals surface area contributed by atoms with Crippen LogP contribution < -0.4 is 5.32 Å². The van der Waals surface area contributed by atoms with Gasteiger partial charge in [0, 0.05) is 32.7 Å². The predicted molar refractivity (Wildman–Crippen MR) is 65.4 cm³/mol. The van der Waals surface area contributed by atoms with E-state index in [1.54, 1.807) is 0 Å². The van der Waals surface area contributed by atoms with Gasteiger partial charge >= 0.3 is 12.0 Å². The second kappa shape index (κ2) is 8.71. The molecule has 0 saturated heterocycles. The maximum Gasteiger partial charge on any atom is 0.326 e. The summed E-state index contributed by atoms with van der Waals surface area (Å²) in [5.74, 6) is -1.16. The molecule has 0 unspecified atom stereocenters. The number of hydrogen-bond acceptors (Lipinski definition) is 4. The van der Waals surface area contributed by atoms with E-state index in [4.69, 9.17) is 14.9 Å². The van der Waals surface area contributed by atoms with Crippen LogP contribution in [0.4, 0.5) is 4.79 Å². The number of aliphatic hydroxyl groups is 1. The Balaban J connectivity index is 4.51. The molecule has 0 heterocycles. The minimum absolute atomic E-state index is 0.0166. The van der Waals surface area contributed by atoms with Gasteiger partial charge in [0.1, 0.15) is 6.04 Å². The molecule has 0 rings (SSSR count). The normalized spacial score (nSPS) is 12.3. The number of ether oxygens (including phenoxy) is 1. The highest BCUT2D eigenvalue weighted by atomic mass is 16.5. The number of amides is 2. The van der Waals surface area contributed by atoms with E-state index in [0.717, 1.165) is 0 Å². The largest absolute Gasteiger partial charge is 0.480 e. The number of carboxylic acids is 1. The van der Waals surface area contributed by atoms with Crippen molar-refractivity contribution in [3.05, 3.63) is 0 Å². The lowest BCUT2D eigenvalue weighted by Crippen LogP contribution is -2.51.